The molecule has 0 aliphatic carbocycles. The van der Waals surface area contributed by atoms with Gasteiger partial charge in [0, 0.05) is 4.88 Å². The first-order valence-electron chi connectivity index (χ1n) is 4.37. The number of Topliss-reactive ketones (excluding diaryl/α,β-unsaturated/α-hetero) is 1. The molecule has 1 heterocycles. The number of thiophene rings is 1. The van der Waals surface area contributed by atoms with E-state index < -0.39 is 0 Å². The minimum absolute atomic E-state index is 0.170. The topological polar surface area (TPSA) is 17.1 Å². The van der Waals surface area contributed by atoms with Crippen LogP contribution in [0.2, 0.25) is 0 Å². The van der Waals surface area contributed by atoms with Crippen molar-refractivity contribution < 1.29 is 4.79 Å². The Kier molecular flexibility index (Phi) is 3.43. The van der Waals surface area contributed by atoms with E-state index in [0.29, 0.717) is 5.92 Å². The molecule has 0 unspecified atom stereocenters. The summed E-state index contributed by atoms with van der Waals surface area (Å²) in [5.74, 6) is 0.475. The normalized spacial score (nSPS) is 12.2. The molecule has 0 aliphatic rings. The van der Waals surface area contributed by atoms with Gasteiger partial charge in [0.05, 0.1) is 0 Å². The Balaban J connectivity index is 2.94. The molecule has 0 fully saturated rings. The van der Waals surface area contributed by atoms with Gasteiger partial charge in [-0.25, -0.2) is 0 Å². The van der Waals surface area contributed by atoms with E-state index in [0.717, 1.165) is 10.5 Å². The second kappa shape index (κ2) is 4.38. The lowest BCUT2D eigenvalue weighted by Crippen LogP contribution is -2.03. The van der Waals surface area contributed by atoms with Gasteiger partial charge in [-0.15, -0.1) is 11.3 Å². The standard InChI is InChI=1S/C11H14OS/c1-8(2)11(9(3)12)7-10-5-4-6-13-10/h4-8H,1-3H3/b11-7+. The molecule has 0 saturated heterocycles. The van der Waals surface area contributed by atoms with E-state index in [1.807, 2.05) is 37.4 Å². The summed E-state index contributed by atoms with van der Waals surface area (Å²) < 4.78 is 0. The smallest absolute Gasteiger partial charge is 0.156 e. The average Bonchev–Trinajstić information content (AvgIpc) is 2.50. The molecule has 0 atom stereocenters. The van der Waals surface area contributed by atoms with Gasteiger partial charge in [-0.3, -0.25) is 4.79 Å². The van der Waals surface area contributed by atoms with Crippen LogP contribution in [-0.4, -0.2) is 5.78 Å². The summed E-state index contributed by atoms with van der Waals surface area (Å²) in [6.45, 7) is 5.71. The van der Waals surface area contributed by atoms with E-state index in [4.69, 9.17) is 0 Å². The van der Waals surface area contributed by atoms with Crippen LogP contribution in [0.3, 0.4) is 0 Å². The van der Waals surface area contributed by atoms with Gasteiger partial charge in [0.1, 0.15) is 0 Å². The third-order valence-electron chi connectivity index (χ3n) is 1.87. The number of carbonyl (C=O) groups is 1. The molecule has 0 spiro atoms. The van der Waals surface area contributed by atoms with Crippen molar-refractivity contribution in [2.75, 3.05) is 0 Å². The van der Waals surface area contributed by atoms with E-state index in [9.17, 15) is 4.79 Å². The molecule has 0 N–H and O–H groups in total. The number of allylic oxidation sites excluding steroid dienone is 1. The summed E-state index contributed by atoms with van der Waals surface area (Å²) in [4.78, 5) is 12.4. The van der Waals surface area contributed by atoms with Gasteiger partial charge in [-0.2, -0.15) is 0 Å². The number of carbonyl (C=O) groups excluding carboxylic acids is 1. The molecule has 1 aromatic rings. The third kappa shape index (κ3) is 2.81. The van der Waals surface area contributed by atoms with Crippen molar-refractivity contribution in [3.63, 3.8) is 0 Å². The zero-order valence-corrected chi connectivity index (χ0v) is 9.02. The first kappa shape index (κ1) is 10.2. The maximum absolute atomic E-state index is 11.2. The van der Waals surface area contributed by atoms with E-state index in [2.05, 4.69) is 0 Å². The Bertz CT molecular complexity index is 307. The fourth-order valence-electron chi connectivity index (χ4n) is 1.20. The van der Waals surface area contributed by atoms with Crippen LogP contribution >= 0.6 is 11.3 Å². The van der Waals surface area contributed by atoms with Crippen molar-refractivity contribution in [3.05, 3.63) is 28.0 Å². The molecular weight excluding hydrogens is 180 g/mol. The van der Waals surface area contributed by atoms with Gasteiger partial charge in [0.2, 0.25) is 0 Å². The summed E-state index contributed by atoms with van der Waals surface area (Å²) in [6, 6.07) is 4.02. The van der Waals surface area contributed by atoms with Gasteiger partial charge < -0.3 is 0 Å². The fourth-order valence-corrected chi connectivity index (χ4v) is 1.87. The van der Waals surface area contributed by atoms with Crippen LogP contribution in [0.15, 0.2) is 23.1 Å². The maximum atomic E-state index is 11.2. The lowest BCUT2D eigenvalue weighted by Gasteiger charge is -2.06. The Morgan fingerprint density at radius 1 is 1.54 bits per heavy atom. The molecule has 0 radical (unpaired) electrons. The van der Waals surface area contributed by atoms with Gasteiger partial charge in [0.25, 0.3) is 0 Å². The third-order valence-corrected chi connectivity index (χ3v) is 2.69. The molecule has 70 valence electrons. The predicted molar refractivity (Wildman–Crippen MR) is 57.8 cm³/mol. The zero-order valence-electron chi connectivity index (χ0n) is 8.20. The zero-order chi connectivity index (χ0) is 9.84. The molecular formula is C11H14OS. The Hall–Kier alpha value is -0.890. The average molecular weight is 194 g/mol. The van der Waals surface area contributed by atoms with Crippen molar-refractivity contribution in [1.29, 1.82) is 0 Å². The SMILES string of the molecule is CC(=O)/C(=C/c1cccs1)C(C)C. The molecule has 13 heavy (non-hydrogen) atoms. The van der Waals surface area contributed by atoms with E-state index in [1.165, 1.54) is 0 Å². The van der Waals surface area contributed by atoms with E-state index in [1.54, 1.807) is 18.3 Å². The minimum Gasteiger partial charge on any atom is -0.295 e. The van der Waals surface area contributed by atoms with Crippen molar-refractivity contribution in [1.82, 2.24) is 0 Å². The Labute approximate surface area is 83.1 Å². The predicted octanol–water partition coefficient (Wildman–Crippen LogP) is 3.38. The molecule has 0 aromatic carbocycles. The number of hydrogen-bond donors (Lipinski definition) is 0. The summed E-state index contributed by atoms with van der Waals surface area (Å²) in [6.07, 6.45) is 1.98. The van der Waals surface area contributed by atoms with Crippen molar-refractivity contribution in [3.8, 4) is 0 Å². The summed E-state index contributed by atoms with van der Waals surface area (Å²) in [7, 11) is 0. The van der Waals surface area contributed by atoms with Crippen molar-refractivity contribution in [2.24, 2.45) is 5.92 Å². The largest absolute Gasteiger partial charge is 0.295 e. The highest BCUT2D eigenvalue weighted by Gasteiger charge is 2.08. The first-order chi connectivity index (χ1) is 6.11. The van der Waals surface area contributed by atoms with Crippen LogP contribution in [0.5, 0.6) is 0 Å². The van der Waals surface area contributed by atoms with Crippen LogP contribution < -0.4 is 0 Å². The molecule has 0 amide bonds. The second-order valence-corrected chi connectivity index (χ2v) is 4.31. The van der Waals surface area contributed by atoms with E-state index >= 15 is 0 Å². The lowest BCUT2D eigenvalue weighted by atomic mass is 9.99. The molecule has 1 rings (SSSR count). The molecule has 0 aliphatic heterocycles. The molecule has 0 bridgehead atoms. The van der Waals surface area contributed by atoms with Gasteiger partial charge in [0.15, 0.2) is 5.78 Å². The number of ketones is 1. The van der Waals surface area contributed by atoms with Crippen LogP contribution in [0, 0.1) is 5.92 Å². The van der Waals surface area contributed by atoms with Crippen molar-refractivity contribution >= 4 is 23.2 Å². The molecule has 1 aromatic heterocycles. The second-order valence-electron chi connectivity index (χ2n) is 3.33. The molecule has 0 saturated carbocycles. The highest BCUT2D eigenvalue weighted by Crippen LogP contribution is 2.18. The van der Waals surface area contributed by atoms with Gasteiger partial charge in [-0.05, 0) is 35.9 Å². The monoisotopic (exact) mass is 194 g/mol. The highest BCUT2D eigenvalue weighted by atomic mass is 32.1. The Morgan fingerprint density at radius 3 is 2.62 bits per heavy atom. The van der Waals surface area contributed by atoms with Gasteiger partial charge in [-0.1, -0.05) is 19.9 Å². The first-order valence-corrected chi connectivity index (χ1v) is 5.25. The number of hydrogen-bond acceptors (Lipinski definition) is 2. The van der Waals surface area contributed by atoms with Crippen LogP contribution in [0.25, 0.3) is 6.08 Å². The van der Waals surface area contributed by atoms with Gasteiger partial charge >= 0.3 is 0 Å². The maximum Gasteiger partial charge on any atom is 0.156 e. The Morgan fingerprint density at radius 2 is 2.23 bits per heavy atom. The fraction of sp³-hybridized carbons (Fsp3) is 0.364. The van der Waals surface area contributed by atoms with Crippen LogP contribution in [-0.2, 0) is 4.79 Å². The lowest BCUT2D eigenvalue weighted by molar-refractivity contribution is -0.113. The van der Waals surface area contributed by atoms with E-state index in [-0.39, 0.29) is 5.78 Å². The number of rotatable bonds is 3. The van der Waals surface area contributed by atoms with Crippen LogP contribution in [0.1, 0.15) is 25.6 Å². The molecule has 2 heteroatoms. The summed E-state index contributed by atoms with van der Waals surface area (Å²) in [5.41, 5.74) is 0.905. The highest BCUT2D eigenvalue weighted by molar-refractivity contribution is 7.10. The minimum atomic E-state index is 0.170. The van der Waals surface area contributed by atoms with Crippen molar-refractivity contribution in [2.45, 2.75) is 20.8 Å². The van der Waals surface area contributed by atoms with Crippen LogP contribution in [0.4, 0.5) is 0 Å². The summed E-state index contributed by atoms with van der Waals surface area (Å²) in [5, 5.41) is 2.02. The quantitative estimate of drug-likeness (QED) is 0.674. The molecule has 1 nitrogen and oxygen atoms in total. The summed E-state index contributed by atoms with van der Waals surface area (Å²) >= 11 is 1.66.